The highest BCUT2D eigenvalue weighted by Gasteiger charge is 2.25. The Morgan fingerprint density at radius 1 is 1.25 bits per heavy atom. The van der Waals surface area contributed by atoms with E-state index in [1.807, 2.05) is 6.92 Å². The molecule has 1 amide bonds. The molecule has 2 heterocycles. The number of aryl methyl sites for hydroxylation is 2. The summed E-state index contributed by atoms with van der Waals surface area (Å²) in [5.41, 5.74) is 2.23. The van der Waals surface area contributed by atoms with Crippen LogP contribution < -0.4 is 5.32 Å². The average molecular weight is 479 g/mol. The number of carbonyl (C=O) groups excluding carboxylic acids is 1. The van der Waals surface area contributed by atoms with Crippen LogP contribution in [0.3, 0.4) is 0 Å². The second-order valence-electron chi connectivity index (χ2n) is 8.03. The Hall–Kier alpha value is -2.16. The summed E-state index contributed by atoms with van der Waals surface area (Å²) < 4.78 is 29.1. The van der Waals surface area contributed by atoms with E-state index in [1.165, 1.54) is 6.08 Å². The van der Waals surface area contributed by atoms with Gasteiger partial charge in [0.25, 0.3) is 0 Å². The molecule has 0 atom stereocenters. The van der Waals surface area contributed by atoms with Gasteiger partial charge >= 0.3 is 0 Å². The molecule has 1 aromatic heterocycles. The van der Waals surface area contributed by atoms with Crippen LogP contribution in [0.25, 0.3) is 6.08 Å². The van der Waals surface area contributed by atoms with E-state index in [1.54, 1.807) is 39.3 Å². The lowest BCUT2D eigenvalue weighted by molar-refractivity contribution is -0.116. The fraction of sp³-hybridized carbons (Fsp3) is 0.478. The molecule has 1 saturated heterocycles. The molecule has 1 N–H and O–H groups in total. The number of hydrogen-bond donors (Lipinski definition) is 1. The maximum absolute atomic E-state index is 12.9. The molecule has 7 nitrogen and oxygen atoms in total. The van der Waals surface area contributed by atoms with Crippen molar-refractivity contribution in [3.05, 3.63) is 52.3 Å². The number of unbranched alkanes of at least 4 members (excludes halogenated alkanes) is 1. The van der Waals surface area contributed by atoms with E-state index < -0.39 is 10.0 Å². The number of nitrogens with zero attached hydrogens (tertiary/aromatic N) is 3. The van der Waals surface area contributed by atoms with E-state index in [0.29, 0.717) is 18.2 Å². The van der Waals surface area contributed by atoms with Crippen molar-refractivity contribution >= 4 is 33.6 Å². The number of nitrogens with one attached hydrogen (secondary N) is 1. The first-order chi connectivity index (χ1) is 15.3. The van der Waals surface area contributed by atoms with Crippen molar-refractivity contribution in [2.75, 3.05) is 13.1 Å². The van der Waals surface area contributed by atoms with Gasteiger partial charge in [-0.1, -0.05) is 43.5 Å². The van der Waals surface area contributed by atoms with Crippen LogP contribution in [-0.4, -0.2) is 41.5 Å². The minimum absolute atomic E-state index is 0.231. The maximum Gasteiger partial charge on any atom is 0.244 e. The second kappa shape index (κ2) is 11.1. The van der Waals surface area contributed by atoms with Crippen LogP contribution in [0.1, 0.15) is 55.8 Å². The Kier molecular flexibility index (Phi) is 8.51. The first-order valence-electron chi connectivity index (χ1n) is 11.1. The maximum atomic E-state index is 12.9. The molecule has 1 aliphatic heterocycles. The van der Waals surface area contributed by atoms with Crippen molar-refractivity contribution in [3.8, 4) is 0 Å². The van der Waals surface area contributed by atoms with Gasteiger partial charge in [0.2, 0.25) is 15.9 Å². The van der Waals surface area contributed by atoms with Crippen LogP contribution in [0, 0.1) is 6.92 Å². The van der Waals surface area contributed by atoms with Gasteiger partial charge in [0, 0.05) is 37.8 Å². The molecule has 2 aromatic rings. The molecule has 0 radical (unpaired) electrons. The Morgan fingerprint density at radius 2 is 2.00 bits per heavy atom. The first kappa shape index (κ1) is 24.5. The van der Waals surface area contributed by atoms with Crippen molar-refractivity contribution in [3.63, 3.8) is 0 Å². The molecule has 174 valence electrons. The van der Waals surface area contributed by atoms with Crippen molar-refractivity contribution in [1.29, 1.82) is 0 Å². The zero-order valence-electron chi connectivity index (χ0n) is 18.7. The van der Waals surface area contributed by atoms with Gasteiger partial charge < -0.3 is 5.32 Å². The monoisotopic (exact) mass is 478 g/mol. The second-order valence-corrected chi connectivity index (χ2v) is 10.3. The fourth-order valence-electron chi connectivity index (χ4n) is 3.69. The van der Waals surface area contributed by atoms with Crippen LogP contribution >= 0.6 is 11.6 Å². The summed E-state index contributed by atoms with van der Waals surface area (Å²) in [5.74, 6) is -0.286. The topological polar surface area (TPSA) is 84.3 Å². The Balaban J connectivity index is 1.62. The summed E-state index contributed by atoms with van der Waals surface area (Å²) in [5, 5.41) is 7.76. The van der Waals surface area contributed by atoms with Gasteiger partial charge in [-0.15, -0.1) is 0 Å². The molecule has 9 heteroatoms. The quantitative estimate of drug-likeness (QED) is 0.549. The summed E-state index contributed by atoms with van der Waals surface area (Å²) >= 11 is 6.40. The number of benzene rings is 1. The van der Waals surface area contributed by atoms with Gasteiger partial charge in [0.1, 0.15) is 5.15 Å². The minimum atomic E-state index is -3.50. The number of halogens is 1. The summed E-state index contributed by atoms with van der Waals surface area (Å²) in [6, 6.07) is 6.75. The highest BCUT2D eigenvalue weighted by Crippen LogP contribution is 2.22. The van der Waals surface area contributed by atoms with Crippen LogP contribution in [0.5, 0.6) is 0 Å². The number of hydrogen-bond acceptors (Lipinski definition) is 4. The standard InChI is InChI=1S/C23H31ClN4O3S/c1-3-4-15-28-23(24)21(18(2)26-28)11-12-22(29)25-17-19-9-8-10-20(16-19)32(30,31)27-13-6-5-7-14-27/h8-12,16H,3-7,13-15,17H2,1-2H3,(H,25,29)/b12-11+. The Bertz CT molecular complexity index is 1070. The smallest absolute Gasteiger partial charge is 0.244 e. The van der Waals surface area contributed by atoms with Gasteiger partial charge in [-0.05, 0) is 50.0 Å². The third-order valence-corrected chi connectivity index (χ3v) is 7.85. The summed E-state index contributed by atoms with van der Waals surface area (Å²) in [7, 11) is -3.50. The van der Waals surface area contributed by atoms with Gasteiger partial charge in [-0.25, -0.2) is 8.42 Å². The van der Waals surface area contributed by atoms with E-state index in [0.717, 1.165) is 55.5 Å². The summed E-state index contributed by atoms with van der Waals surface area (Å²) in [6.45, 7) is 6.06. The molecule has 0 spiro atoms. The highest BCUT2D eigenvalue weighted by atomic mass is 35.5. The van der Waals surface area contributed by atoms with Crippen LogP contribution in [0.15, 0.2) is 35.2 Å². The number of sulfonamides is 1. The van der Waals surface area contributed by atoms with Crippen LogP contribution in [-0.2, 0) is 27.9 Å². The Morgan fingerprint density at radius 3 is 2.72 bits per heavy atom. The van der Waals surface area contributed by atoms with Crippen molar-refractivity contribution in [2.45, 2.75) is 63.9 Å². The lowest BCUT2D eigenvalue weighted by Gasteiger charge is -2.26. The summed E-state index contributed by atoms with van der Waals surface area (Å²) in [4.78, 5) is 12.6. The third kappa shape index (κ3) is 5.99. The van der Waals surface area contributed by atoms with Crippen molar-refractivity contribution in [2.24, 2.45) is 0 Å². The van der Waals surface area contributed by atoms with Crippen LogP contribution in [0.2, 0.25) is 5.15 Å². The average Bonchev–Trinajstić information content (AvgIpc) is 3.08. The third-order valence-electron chi connectivity index (χ3n) is 5.55. The molecule has 32 heavy (non-hydrogen) atoms. The zero-order chi connectivity index (χ0) is 23.1. The molecule has 0 saturated carbocycles. The molecule has 0 aliphatic carbocycles. The predicted molar refractivity (Wildman–Crippen MR) is 127 cm³/mol. The first-order valence-corrected chi connectivity index (χ1v) is 12.9. The van der Waals surface area contributed by atoms with E-state index in [4.69, 9.17) is 11.6 Å². The number of piperidine rings is 1. The Labute approximate surface area is 195 Å². The van der Waals surface area contributed by atoms with E-state index >= 15 is 0 Å². The molecule has 3 rings (SSSR count). The minimum Gasteiger partial charge on any atom is -0.348 e. The van der Waals surface area contributed by atoms with Gasteiger partial charge in [0.05, 0.1) is 10.6 Å². The van der Waals surface area contributed by atoms with Crippen LogP contribution in [0.4, 0.5) is 0 Å². The molecular weight excluding hydrogens is 448 g/mol. The fourth-order valence-corrected chi connectivity index (χ4v) is 5.60. The number of carbonyl (C=O) groups is 1. The van der Waals surface area contributed by atoms with E-state index in [2.05, 4.69) is 17.3 Å². The number of amides is 1. The van der Waals surface area contributed by atoms with Gasteiger partial charge in [0.15, 0.2) is 0 Å². The zero-order valence-corrected chi connectivity index (χ0v) is 20.3. The number of rotatable bonds is 9. The molecule has 1 aromatic carbocycles. The molecular formula is C23H31ClN4O3S. The van der Waals surface area contributed by atoms with Gasteiger partial charge in [-0.2, -0.15) is 9.40 Å². The molecule has 0 unspecified atom stereocenters. The molecule has 1 aliphatic rings. The normalized spacial score (nSPS) is 15.3. The largest absolute Gasteiger partial charge is 0.348 e. The van der Waals surface area contributed by atoms with E-state index in [-0.39, 0.29) is 17.3 Å². The molecule has 0 bridgehead atoms. The van der Waals surface area contributed by atoms with Gasteiger partial charge in [-0.3, -0.25) is 9.48 Å². The van der Waals surface area contributed by atoms with Crippen molar-refractivity contribution in [1.82, 2.24) is 19.4 Å². The lowest BCUT2D eigenvalue weighted by atomic mass is 10.2. The highest BCUT2D eigenvalue weighted by molar-refractivity contribution is 7.89. The lowest BCUT2D eigenvalue weighted by Crippen LogP contribution is -2.35. The van der Waals surface area contributed by atoms with Crippen molar-refractivity contribution < 1.29 is 13.2 Å². The predicted octanol–water partition coefficient (Wildman–Crippen LogP) is 4.15. The SMILES string of the molecule is CCCCn1nc(C)c(/C=C/C(=O)NCc2cccc(S(=O)(=O)N3CCCCC3)c2)c1Cl. The molecule has 1 fully saturated rings. The summed E-state index contributed by atoms with van der Waals surface area (Å²) in [6.07, 6.45) is 7.97. The van der Waals surface area contributed by atoms with E-state index in [9.17, 15) is 13.2 Å². The number of aromatic nitrogens is 2.